The lowest BCUT2D eigenvalue weighted by atomic mass is 10.3. The number of thiazole rings is 1. The number of rotatable bonds is 5. The van der Waals surface area contributed by atoms with Crippen LogP contribution in [-0.4, -0.2) is 26.8 Å². The molecule has 0 saturated carbocycles. The average Bonchev–Trinajstić information content (AvgIpc) is 3.18. The monoisotopic (exact) mass is 348 g/mol. The topological polar surface area (TPSA) is 67.8 Å². The zero-order valence-corrected chi connectivity index (χ0v) is 14.1. The number of aryl methyl sites for hydroxylation is 1. The van der Waals surface area contributed by atoms with E-state index in [1.807, 2.05) is 41.9 Å². The van der Waals surface area contributed by atoms with E-state index in [0.717, 1.165) is 21.3 Å². The Morgan fingerprint density at radius 1 is 1.27 bits per heavy atom. The predicted molar refractivity (Wildman–Crippen MR) is 91.5 cm³/mol. The van der Waals surface area contributed by atoms with Gasteiger partial charge in [-0.05, 0) is 30.5 Å². The van der Waals surface area contributed by atoms with Gasteiger partial charge in [-0.3, -0.25) is 4.79 Å². The van der Waals surface area contributed by atoms with Crippen LogP contribution in [0.15, 0.2) is 40.1 Å². The van der Waals surface area contributed by atoms with E-state index in [9.17, 15) is 4.79 Å². The van der Waals surface area contributed by atoms with E-state index in [2.05, 4.69) is 20.5 Å². The van der Waals surface area contributed by atoms with Gasteiger partial charge in [0.15, 0.2) is 5.13 Å². The molecular formula is C14H12N4OS3. The van der Waals surface area contributed by atoms with Gasteiger partial charge >= 0.3 is 0 Å². The van der Waals surface area contributed by atoms with Crippen LogP contribution in [0.25, 0.3) is 10.6 Å². The first kappa shape index (κ1) is 15.1. The minimum atomic E-state index is -0.0940. The first-order valence-corrected chi connectivity index (χ1v) is 9.17. The number of thiophene rings is 1. The molecule has 0 atom stereocenters. The Hall–Kier alpha value is -1.77. The van der Waals surface area contributed by atoms with Crippen molar-refractivity contribution < 1.29 is 4.79 Å². The second-order valence-corrected chi connectivity index (χ2v) is 7.17. The molecule has 0 radical (unpaired) electrons. The molecule has 8 heteroatoms. The first-order chi connectivity index (χ1) is 10.7. The molecular weight excluding hydrogens is 336 g/mol. The Labute approximate surface area is 139 Å². The van der Waals surface area contributed by atoms with Crippen molar-refractivity contribution in [2.75, 3.05) is 11.1 Å². The molecule has 0 saturated heterocycles. The number of nitrogens with zero attached hydrogens (tertiary/aromatic N) is 3. The lowest BCUT2D eigenvalue weighted by Crippen LogP contribution is -2.14. The highest BCUT2D eigenvalue weighted by Gasteiger charge is 2.08. The third-order valence-corrected chi connectivity index (χ3v) is 5.32. The summed E-state index contributed by atoms with van der Waals surface area (Å²) in [5.74, 6) is 0.189. The third-order valence-electron chi connectivity index (χ3n) is 2.63. The van der Waals surface area contributed by atoms with Crippen molar-refractivity contribution in [3.63, 3.8) is 0 Å². The summed E-state index contributed by atoms with van der Waals surface area (Å²) in [6.07, 6.45) is 0. The number of carbonyl (C=O) groups excluding carboxylic acids is 1. The molecule has 0 aliphatic rings. The highest BCUT2D eigenvalue weighted by atomic mass is 32.2. The second-order valence-electron chi connectivity index (χ2n) is 4.37. The van der Waals surface area contributed by atoms with Crippen molar-refractivity contribution in [1.82, 2.24) is 15.2 Å². The van der Waals surface area contributed by atoms with Gasteiger partial charge in [0.25, 0.3) is 0 Å². The Bertz CT molecular complexity index is 753. The summed E-state index contributed by atoms with van der Waals surface area (Å²) in [6.45, 7) is 1.89. The van der Waals surface area contributed by atoms with E-state index in [0.29, 0.717) is 5.13 Å². The molecule has 1 amide bonds. The van der Waals surface area contributed by atoms with Crippen LogP contribution in [0.5, 0.6) is 0 Å². The van der Waals surface area contributed by atoms with E-state index in [4.69, 9.17) is 0 Å². The van der Waals surface area contributed by atoms with E-state index >= 15 is 0 Å². The molecule has 0 fully saturated rings. The SMILES string of the molecule is Cc1csc(NC(=O)CSc2ccc(-c3cccs3)nn2)n1. The van der Waals surface area contributed by atoms with Crippen molar-refractivity contribution in [3.8, 4) is 10.6 Å². The fourth-order valence-electron chi connectivity index (χ4n) is 1.66. The van der Waals surface area contributed by atoms with Crippen molar-refractivity contribution in [2.24, 2.45) is 0 Å². The molecule has 3 rings (SSSR count). The van der Waals surface area contributed by atoms with Gasteiger partial charge in [-0.25, -0.2) is 4.98 Å². The summed E-state index contributed by atoms with van der Waals surface area (Å²) >= 11 is 4.40. The molecule has 0 bridgehead atoms. The molecule has 0 aliphatic carbocycles. The third kappa shape index (κ3) is 3.90. The van der Waals surface area contributed by atoms with Gasteiger partial charge in [-0.1, -0.05) is 17.8 Å². The lowest BCUT2D eigenvalue weighted by molar-refractivity contribution is -0.113. The molecule has 0 unspecified atom stereocenters. The standard InChI is InChI=1S/C14H12N4OS3/c1-9-7-22-14(15-9)16-12(19)8-21-13-5-4-10(17-18-13)11-3-2-6-20-11/h2-7H,8H2,1H3,(H,15,16,19). The minimum Gasteiger partial charge on any atom is -0.301 e. The summed E-state index contributed by atoms with van der Waals surface area (Å²) in [5.41, 5.74) is 1.75. The molecule has 0 aliphatic heterocycles. The molecule has 5 nitrogen and oxygen atoms in total. The van der Waals surface area contributed by atoms with E-state index in [1.165, 1.54) is 23.1 Å². The zero-order chi connectivity index (χ0) is 15.4. The van der Waals surface area contributed by atoms with Gasteiger partial charge in [0.2, 0.25) is 5.91 Å². The maximum Gasteiger partial charge on any atom is 0.236 e. The first-order valence-electron chi connectivity index (χ1n) is 6.43. The molecule has 112 valence electrons. The molecule has 3 aromatic rings. The van der Waals surface area contributed by atoms with Crippen LogP contribution in [-0.2, 0) is 4.79 Å². The highest BCUT2D eigenvalue weighted by Crippen LogP contribution is 2.23. The van der Waals surface area contributed by atoms with Crippen LogP contribution in [0, 0.1) is 6.92 Å². The number of aromatic nitrogens is 3. The Morgan fingerprint density at radius 2 is 2.18 bits per heavy atom. The minimum absolute atomic E-state index is 0.0940. The van der Waals surface area contributed by atoms with Gasteiger partial charge in [0.1, 0.15) is 10.7 Å². The van der Waals surface area contributed by atoms with Crippen LogP contribution in [0.4, 0.5) is 5.13 Å². The zero-order valence-electron chi connectivity index (χ0n) is 11.6. The largest absolute Gasteiger partial charge is 0.301 e. The fourth-order valence-corrected chi connectivity index (χ4v) is 3.67. The number of nitrogens with one attached hydrogen (secondary N) is 1. The van der Waals surface area contributed by atoms with Crippen LogP contribution < -0.4 is 5.32 Å². The summed E-state index contributed by atoms with van der Waals surface area (Å²) in [5, 5.41) is 16.4. The van der Waals surface area contributed by atoms with Gasteiger partial charge in [0.05, 0.1) is 16.3 Å². The summed E-state index contributed by atoms with van der Waals surface area (Å²) < 4.78 is 0. The summed E-state index contributed by atoms with van der Waals surface area (Å²) in [6, 6.07) is 7.79. The normalized spacial score (nSPS) is 10.6. The van der Waals surface area contributed by atoms with Crippen molar-refractivity contribution >= 4 is 45.5 Å². The van der Waals surface area contributed by atoms with Gasteiger partial charge in [-0.15, -0.1) is 32.9 Å². The molecule has 0 aromatic carbocycles. The number of anilines is 1. The van der Waals surface area contributed by atoms with Crippen LogP contribution in [0.1, 0.15) is 5.69 Å². The van der Waals surface area contributed by atoms with Gasteiger partial charge < -0.3 is 5.32 Å². The predicted octanol–water partition coefficient (Wildman–Crippen LogP) is 3.70. The fraction of sp³-hybridized carbons (Fsp3) is 0.143. The van der Waals surface area contributed by atoms with Crippen molar-refractivity contribution in [3.05, 3.63) is 40.7 Å². The van der Waals surface area contributed by atoms with Crippen LogP contribution in [0.2, 0.25) is 0 Å². The lowest BCUT2D eigenvalue weighted by Gasteiger charge is -2.02. The van der Waals surface area contributed by atoms with Crippen LogP contribution in [0.3, 0.4) is 0 Å². The summed E-state index contributed by atoms with van der Waals surface area (Å²) in [4.78, 5) is 17.1. The number of hydrogen-bond donors (Lipinski definition) is 1. The Balaban J connectivity index is 1.54. The molecule has 0 spiro atoms. The highest BCUT2D eigenvalue weighted by molar-refractivity contribution is 7.99. The number of thioether (sulfide) groups is 1. The molecule has 3 heterocycles. The van der Waals surface area contributed by atoms with E-state index in [1.54, 1.807) is 11.3 Å². The van der Waals surface area contributed by atoms with E-state index < -0.39 is 0 Å². The number of carbonyl (C=O) groups is 1. The molecule has 1 N–H and O–H groups in total. The second kappa shape index (κ2) is 6.99. The smallest absolute Gasteiger partial charge is 0.236 e. The van der Waals surface area contributed by atoms with Gasteiger partial charge in [-0.2, -0.15) is 0 Å². The summed E-state index contributed by atoms with van der Waals surface area (Å²) in [7, 11) is 0. The van der Waals surface area contributed by atoms with Crippen LogP contribution >= 0.6 is 34.4 Å². The van der Waals surface area contributed by atoms with E-state index in [-0.39, 0.29) is 11.7 Å². The molecule has 3 aromatic heterocycles. The molecule has 22 heavy (non-hydrogen) atoms. The maximum absolute atomic E-state index is 11.8. The quantitative estimate of drug-likeness (QED) is 0.712. The number of hydrogen-bond acceptors (Lipinski definition) is 7. The van der Waals surface area contributed by atoms with Crippen molar-refractivity contribution in [2.45, 2.75) is 11.9 Å². The Kier molecular flexibility index (Phi) is 4.81. The maximum atomic E-state index is 11.8. The average molecular weight is 348 g/mol. The Morgan fingerprint density at radius 3 is 2.82 bits per heavy atom. The number of amides is 1. The van der Waals surface area contributed by atoms with Crippen molar-refractivity contribution in [1.29, 1.82) is 0 Å². The van der Waals surface area contributed by atoms with Gasteiger partial charge in [0, 0.05) is 5.38 Å².